The fraction of sp³-hybridized carbons (Fsp3) is 0.125. The number of aliphatic hydroxyl groups excluding tert-OH is 1. The standard InChI is InChI=1S/C16H11BrCl2OS/c17-12-3-1-2-10-11(8-21-16(10)12)15(20)7-9-4-5-13(18)14(19)6-9/h1-6,8,15,20H,7H2. The van der Waals surface area contributed by atoms with E-state index in [0.717, 1.165) is 25.7 Å². The highest BCUT2D eigenvalue weighted by molar-refractivity contribution is 9.10. The third kappa shape index (κ3) is 3.13. The monoisotopic (exact) mass is 400 g/mol. The SMILES string of the molecule is OC(Cc1ccc(Cl)c(Cl)c1)c1csc2c(Br)cccc12. The third-order valence-corrected chi connectivity index (χ3v) is 6.06. The van der Waals surface area contributed by atoms with Crippen LogP contribution in [0.3, 0.4) is 0 Å². The van der Waals surface area contributed by atoms with Crippen molar-refractivity contribution < 1.29 is 5.11 Å². The van der Waals surface area contributed by atoms with Gasteiger partial charge in [0.1, 0.15) is 0 Å². The van der Waals surface area contributed by atoms with E-state index in [0.29, 0.717) is 16.5 Å². The molecule has 0 bridgehead atoms. The minimum atomic E-state index is -0.565. The van der Waals surface area contributed by atoms with Crippen molar-refractivity contribution in [1.29, 1.82) is 0 Å². The summed E-state index contributed by atoms with van der Waals surface area (Å²) in [5, 5.41) is 14.7. The predicted octanol–water partition coefficient (Wildman–Crippen LogP) is 6.25. The molecule has 3 rings (SSSR count). The van der Waals surface area contributed by atoms with Crippen LogP contribution in [-0.2, 0) is 6.42 Å². The summed E-state index contributed by atoms with van der Waals surface area (Å²) < 4.78 is 2.21. The van der Waals surface area contributed by atoms with E-state index < -0.39 is 6.10 Å². The van der Waals surface area contributed by atoms with Gasteiger partial charge in [-0.2, -0.15) is 0 Å². The minimum absolute atomic E-state index is 0.509. The van der Waals surface area contributed by atoms with Crippen molar-refractivity contribution in [1.82, 2.24) is 0 Å². The zero-order chi connectivity index (χ0) is 15.0. The van der Waals surface area contributed by atoms with Crippen LogP contribution in [0.2, 0.25) is 10.0 Å². The molecule has 1 N–H and O–H groups in total. The summed E-state index contributed by atoms with van der Waals surface area (Å²) in [6.45, 7) is 0. The number of rotatable bonds is 3. The fourth-order valence-electron chi connectivity index (χ4n) is 2.30. The van der Waals surface area contributed by atoms with E-state index >= 15 is 0 Å². The van der Waals surface area contributed by atoms with Crippen molar-refractivity contribution in [3.63, 3.8) is 0 Å². The van der Waals surface area contributed by atoms with Gasteiger partial charge < -0.3 is 5.11 Å². The molecule has 0 amide bonds. The van der Waals surface area contributed by atoms with E-state index in [-0.39, 0.29) is 0 Å². The minimum Gasteiger partial charge on any atom is -0.388 e. The van der Waals surface area contributed by atoms with Gasteiger partial charge in [0, 0.05) is 15.6 Å². The van der Waals surface area contributed by atoms with Crippen molar-refractivity contribution in [2.45, 2.75) is 12.5 Å². The van der Waals surface area contributed by atoms with E-state index in [1.54, 1.807) is 23.5 Å². The Balaban J connectivity index is 1.91. The lowest BCUT2D eigenvalue weighted by atomic mass is 10.0. The van der Waals surface area contributed by atoms with Crippen LogP contribution in [-0.4, -0.2) is 5.11 Å². The van der Waals surface area contributed by atoms with Gasteiger partial charge in [-0.15, -0.1) is 11.3 Å². The number of aliphatic hydroxyl groups is 1. The molecule has 0 fully saturated rings. The molecule has 0 spiro atoms. The molecule has 0 aliphatic rings. The zero-order valence-electron chi connectivity index (χ0n) is 10.8. The molecular formula is C16H11BrCl2OS. The molecule has 3 aromatic rings. The lowest BCUT2D eigenvalue weighted by Crippen LogP contribution is -2.01. The van der Waals surface area contributed by atoms with E-state index in [1.165, 1.54) is 0 Å². The van der Waals surface area contributed by atoms with Crippen molar-refractivity contribution in [2.24, 2.45) is 0 Å². The molecule has 1 nitrogen and oxygen atoms in total. The first-order valence-corrected chi connectivity index (χ1v) is 8.76. The van der Waals surface area contributed by atoms with Gasteiger partial charge in [0.15, 0.2) is 0 Å². The Hall–Kier alpha value is -0.580. The zero-order valence-corrected chi connectivity index (χ0v) is 14.7. The van der Waals surface area contributed by atoms with Crippen LogP contribution in [0.25, 0.3) is 10.1 Å². The van der Waals surface area contributed by atoms with E-state index in [9.17, 15) is 5.11 Å². The van der Waals surface area contributed by atoms with E-state index in [1.807, 2.05) is 29.6 Å². The second-order valence-corrected chi connectivity index (χ2v) is 7.32. The van der Waals surface area contributed by atoms with Gasteiger partial charge in [-0.1, -0.05) is 41.4 Å². The molecule has 0 aliphatic heterocycles. The molecule has 1 unspecified atom stereocenters. The molecule has 0 saturated carbocycles. The lowest BCUT2D eigenvalue weighted by Gasteiger charge is -2.11. The van der Waals surface area contributed by atoms with Crippen LogP contribution in [0.15, 0.2) is 46.3 Å². The Morgan fingerprint density at radius 1 is 1.14 bits per heavy atom. The average Bonchev–Trinajstić information content (AvgIpc) is 2.88. The summed E-state index contributed by atoms with van der Waals surface area (Å²) in [6.07, 6.45) is -0.0554. The first kappa shape index (κ1) is 15.3. The Morgan fingerprint density at radius 3 is 2.71 bits per heavy atom. The van der Waals surface area contributed by atoms with E-state index in [2.05, 4.69) is 15.9 Å². The second-order valence-electron chi connectivity index (χ2n) is 4.78. The van der Waals surface area contributed by atoms with Crippen LogP contribution in [0.5, 0.6) is 0 Å². The molecule has 21 heavy (non-hydrogen) atoms. The molecule has 0 saturated heterocycles. The van der Waals surface area contributed by atoms with Crippen molar-refractivity contribution >= 4 is 60.6 Å². The second kappa shape index (κ2) is 6.27. The van der Waals surface area contributed by atoms with Crippen LogP contribution < -0.4 is 0 Å². The highest BCUT2D eigenvalue weighted by atomic mass is 79.9. The number of fused-ring (bicyclic) bond motifs is 1. The Bertz CT molecular complexity index is 800. The maximum Gasteiger partial charge on any atom is 0.0844 e. The topological polar surface area (TPSA) is 20.2 Å². The predicted molar refractivity (Wildman–Crippen MR) is 94.7 cm³/mol. The van der Waals surface area contributed by atoms with Gasteiger partial charge >= 0.3 is 0 Å². The van der Waals surface area contributed by atoms with Gasteiger partial charge in [-0.3, -0.25) is 0 Å². The molecule has 1 aromatic heterocycles. The first-order chi connectivity index (χ1) is 10.1. The number of halogens is 3. The Kier molecular flexibility index (Phi) is 4.57. The highest BCUT2D eigenvalue weighted by Gasteiger charge is 2.15. The van der Waals surface area contributed by atoms with Gasteiger partial charge in [0.2, 0.25) is 0 Å². The van der Waals surface area contributed by atoms with Crippen LogP contribution in [0, 0.1) is 0 Å². The summed E-state index contributed by atoms with van der Waals surface area (Å²) in [6, 6.07) is 11.5. The fourth-order valence-corrected chi connectivity index (χ4v) is 4.29. The quantitative estimate of drug-likeness (QED) is 0.550. The van der Waals surface area contributed by atoms with Crippen LogP contribution in [0.1, 0.15) is 17.2 Å². The molecule has 2 aromatic carbocycles. The maximum atomic E-state index is 10.5. The smallest absolute Gasteiger partial charge is 0.0844 e. The lowest BCUT2D eigenvalue weighted by molar-refractivity contribution is 0.180. The van der Waals surface area contributed by atoms with Crippen molar-refractivity contribution in [2.75, 3.05) is 0 Å². The molecular weight excluding hydrogens is 391 g/mol. The van der Waals surface area contributed by atoms with Crippen molar-refractivity contribution in [3.05, 3.63) is 67.4 Å². The normalized spacial score (nSPS) is 12.8. The summed E-state index contributed by atoms with van der Waals surface area (Å²) in [5.74, 6) is 0. The average molecular weight is 402 g/mol. The van der Waals surface area contributed by atoms with E-state index in [4.69, 9.17) is 23.2 Å². The summed E-state index contributed by atoms with van der Waals surface area (Å²) >= 11 is 17.1. The molecule has 108 valence electrons. The molecule has 5 heteroatoms. The molecule has 1 heterocycles. The largest absolute Gasteiger partial charge is 0.388 e. The van der Waals surface area contributed by atoms with Gasteiger partial charge in [0.05, 0.1) is 16.1 Å². The highest BCUT2D eigenvalue weighted by Crippen LogP contribution is 2.36. The number of hydrogen-bond donors (Lipinski definition) is 1. The van der Waals surface area contributed by atoms with Gasteiger partial charge in [0.25, 0.3) is 0 Å². The molecule has 0 radical (unpaired) electrons. The number of hydrogen-bond acceptors (Lipinski definition) is 2. The van der Waals surface area contributed by atoms with Crippen molar-refractivity contribution in [3.8, 4) is 0 Å². The van der Waals surface area contributed by atoms with Crippen LogP contribution in [0.4, 0.5) is 0 Å². The summed E-state index contributed by atoms with van der Waals surface area (Å²) in [7, 11) is 0. The van der Waals surface area contributed by atoms with Gasteiger partial charge in [-0.05, 0) is 56.0 Å². The number of thiophene rings is 1. The number of benzene rings is 2. The Labute approximate surface area is 145 Å². The van der Waals surface area contributed by atoms with Crippen LogP contribution >= 0.6 is 50.5 Å². The first-order valence-electron chi connectivity index (χ1n) is 6.34. The maximum absolute atomic E-state index is 10.5. The molecule has 0 aliphatic carbocycles. The summed E-state index contributed by atoms with van der Waals surface area (Å²) in [5.41, 5.74) is 1.91. The third-order valence-electron chi connectivity index (χ3n) is 3.35. The summed E-state index contributed by atoms with van der Waals surface area (Å²) in [4.78, 5) is 0. The Morgan fingerprint density at radius 2 is 1.95 bits per heavy atom. The van der Waals surface area contributed by atoms with Gasteiger partial charge in [-0.25, -0.2) is 0 Å². The molecule has 1 atom stereocenters.